The maximum Gasteiger partial charge on any atom is 0.355 e. The molecule has 0 aromatic heterocycles. The van der Waals surface area contributed by atoms with Crippen molar-refractivity contribution < 1.29 is 24.0 Å². The number of esters is 1. The van der Waals surface area contributed by atoms with Gasteiger partial charge in [0.15, 0.2) is 4.84 Å². The number of hydrogen-bond acceptors (Lipinski definition) is 7. The number of alkyl halides is 3. The van der Waals surface area contributed by atoms with Crippen LogP contribution in [-0.4, -0.2) is 55.5 Å². The Morgan fingerprint density at radius 3 is 2.62 bits per heavy atom. The van der Waals surface area contributed by atoms with Gasteiger partial charge in [-0.15, -0.1) is 23.4 Å². The number of amides is 2. The largest absolute Gasteiger partial charge is 0.456 e. The molecule has 32 heavy (non-hydrogen) atoms. The van der Waals surface area contributed by atoms with Gasteiger partial charge in [-0.1, -0.05) is 35.4 Å². The van der Waals surface area contributed by atoms with Gasteiger partial charge < -0.3 is 10.1 Å². The summed E-state index contributed by atoms with van der Waals surface area (Å²) in [5.41, 5.74) is 1.06. The van der Waals surface area contributed by atoms with Gasteiger partial charge in [-0.05, 0) is 23.3 Å². The number of ether oxygens (including phenoxy) is 1. The Labute approximate surface area is 201 Å². The molecule has 1 fully saturated rings. The third kappa shape index (κ3) is 5.20. The van der Waals surface area contributed by atoms with Crippen molar-refractivity contribution >= 4 is 70.0 Å². The van der Waals surface area contributed by atoms with E-state index in [1.54, 1.807) is 12.2 Å². The summed E-state index contributed by atoms with van der Waals surface area (Å²) in [4.78, 5) is 47.6. The molecular formula is C19H16Cl3N3O6S. The van der Waals surface area contributed by atoms with Gasteiger partial charge in [0.25, 0.3) is 17.5 Å². The molecule has 0 bridgehead atoms. The fraction of sp³-hybridized carbons (Fsp3) is 0.316. The lowest BCUT2D eigenvalue weighted by Crippen LogP contribution is -2.71. The highest BCUT2D eigenvalue weighted by Crippen LogP contribution is 2.41. The summed E-state index contributed by atoms with van der Waals surface area (Å²) in [5, 5.41) is 12.7. The number of halogens is 3. The molecule has 2 aliphatic heterocycles. The van der Waals surface area contributed by atoms with Crippen molar-refractivity contribution in [1.29, 1.82) is 0 Å². The molecule has 3 rings (SSSR count). The molecule has 1 aromatic rings. The van der Waals surface area contributed by atoms with Crippen LogP contribution in [0, 0.1) is 10.1 Å². The van der Waals surface area contributed by atoms with Crippen molar-refractivity contribution in [3.8, 4) is 0 Å². The number of non-ortho nitro benzene ring substituents is 1. The second kappa shape index (κ2) is 10.6. The molecule has 1 aromatic carbocycles. The third-order valence-electron chi connectivity index (χ3n) is 4.61. The fourth-order valence-corrected chi connectivity index (χ4v) is 4.63. The van der Waals surface area contributed by atoms with Crippen LogP contribution in [0.15, 0.2) is 47.7 Å². The average Bonchev–Trinajstić information content (AvgIpc) is 2.78. The van der Waals surface area contributed by atoms with E-state index in [2.05, 4.69) is 5.32 Å². The number of rotatable bonds is 8. The zero-order valence-corrected chi connectivity index (χ0v) is 19.3. The molecule has 1 saturated heterocycles. The van der Waals surface area contributed by atoms with E-state index in [0.717, 1.165) is 0 Å². The molecule has 2 heterocycles. The summed E-state index contributed by atoms with van der Waals surface area (Å²) < 4.78 is 5.37. The topological polar surface area (TPSA) is 119 Å². The first-order valence-corrected chi connectivity index (χ1v) is 11.6. The number of carbonyl (C=O) groups is 3. The van der Waals surface area contributed by atoms with Gasteiger partial charge in [-0.2, -0.15) is 0 Å². The molecule has 0 aliphatic carbocycles. The normalized spacial score (nSPS) is 20.2. The van der Waals surface area contributed by atoms with E-state index in [-0.39, 0.29) is 23.9 Å². The molecule has 0 unspecified atom stereocenters. The average molecular weight is 521 g/mol. The van der Waals surface area contributed by atoms with E-state index < -0.39 is 39.0 Å². The lowest BCUT2D eigenvalue weighted by molar-refractivity contribution is -0.384. The summed E-state index contributed by atoms with van der Waals surface area (Å²) in [6.45, 7) is -0.146. The second-order valence-electron chi connectivity index (χ2n) is 6.63. The highest BCUT2D eigenvalue weighted by Gasteiger charge is 2.54. The Morgan fingerprint density at radius 1 is 1.34 bits per heavy atom. The monoisotopic (exact) mass is 519 g/mol. The molecule has 2 aliphatic rings. The van der Waals surface area contributed by atoms with Gasteiger partial charge in [0.05, 0.1) is 4.92 Å². The minimum atomic E-state index is -1.32. The molecule has 0 radical (unpaired) electrons. The van der Waals surface area contributed by atoms with Gasteiger partial charge in [-0.25, -0.2) is 4.79 Å². The summed E-state index contributed by atoms with van der Waals surface area (Å²) in [6, 6.07) is 4.68. The Morgan fingerprint density at radius 2 is 2.03 bits per heavy atom. The SMILES string of the molecule is O=C(OCc1ccc([N+](=O)[O-])cc1)C1=C(C=CCCl)CS[C@H]2[C@H](NC(=O)C(Cl)Cl)C(=O)N12. The summed E-state index contributed by atoms with van der Waals surface area (Å²) in [7, 11) is 0. The highest BCUT2D eigenvalue weighted by atomic mass is 35.5. The molecule has 1 N–H and O–H groups in total. The molecular weight excluding hydrogens is 505 g/mol. The van der Waals surface area contributed by atoms with Gasteiger partial charge in [0.1, 0.15) is 23.7 Å². The molecule has 0 spiro atoms. The number of carbonyl (C=O) groups excluding carboxylic acids is 3. The van der Waals surface area contributed by atoms with Crippen LogP contribution in [0.25, 0.3) is 0 Å². The molecule has 2 atom stereocenters. The standard InChI is InChI=1S/C19H16Cl3N3O6S/c20-7-1-2-11-9-32-18-13(23-16(26)15(21)22)17(27)24(18)14(11)19(28)31-8-10-3-5-12(6-4-10)25(29)30/h1-6,13,15,18H,7-9H2,(H,23,26)/t13-,18+/m1/s1. The number of nitro benzene ring substituents is 1. The van der Waals surface area contributed by atoms with Crippen molar-refractivity contribution in [2.45, 2.75) is 22.9 Å². The van der Waals surface area contributed by atoms with Crippen LogP contribution in [0.4, 0.5) is 5.69 Å². The lowest BCUT2D eigenvalue weighted by Gasteiger charge is -2.49. The van der Waals surface area contributed by atoms with Crippen molar-refractivity contribution in [3.63, 3.8) is 0 Å². The summed E-state index contributed by atoms with van der Waals surface area (Å²) in [6.07, 6.45) is 3.28. The highest BCUT2D eigenvalue weighted by molar-refractivity contribution is 8.00. The molecule has 13 heteroatoms. The first kappa shape index (κ1) is 24.4. The van der Waals surface area contributed by atoms with E-state index >= 15 is 0 Å². The Bertz CT molecular complexity index is 999. The maximum atomic E-state index is 12.9. The fourth-order valence-electron chi connectivity index (χ4n) is 3.09. The minimum Gasteiger partial charge on any atom is -0.456 e. The number of nitrogens with one attached hydrogen (secondary N) is 1. The van der Waals surface area contributed by atoms with Crippen molar-refractivity contribution in [2.24, 2.45) is 0 Å². The van der Waals surface area contributed by atoms with Crippen molar-refractivity contribution in [1.82, 2.24) is 10.2 Å². The van der Waals surface area contributed by atoms with Crippen LogP contribution in [0.3, 0.4) is 0 Å². The summed E-state index contributed by atoms with van der Waals surface area (Å²) >= 11 is 18.1. The first-order chi connectivity index (χ1) is 15.2. The van der Waals surface area contributed by atoms with Gasteiger partial charge >= 0.3 is 5.97 Å². The third-order valence-corrected chi connectivity index (χ3v) is 6.49. The zero-order chi connectivity index (χ0) is 23.4. The van der Waals surface area contributed by atoms with E-state index in [4.69, 9.17) is 39.5 Å². The predicted molar refractivity (Wildman–Crippen MR) is 120 cm³/mol. The van der Waals surface area contributed by atoms with E-state index in [1.807, 2.05) is 0 Å². The minimum absolute atomic E-state index is 0.0563. The van der Waals surface area contributed by atoms with Gasteiger partial charge in [0, 0.05) is 23.8 Å². The van der Waals surface area contributed by atoms with Crippen molar-refractivity contribution in [2.75, 3.05) is 11.6 Å². The van der Waals surface area contributed by atoms with Crippen molar-refractivity contribution in [3.05, 3.63) is 63.4 Å². The number of fused-ring (bicyclic) bond motifs is 1. The van der Waals surface area contributed by atoms with E-state index in [0.29, 0.717) is 16.9 Å². The van der Waals surface area contributed by atoms with E-state index in [1.165, 1.54) is 40.9 Å². The van der Waals surface area contributed by atoms with E-state index in [9.17, 15) is 24.5 Å². The second-order valence-corrected chi connectivity index (χ2v) is 9.14. The number of allylic oxidation sites excluding steroid dienone is 2. The Hall–Kier alpha value is -2.27. The van der Waals surface area contributed by atoms with Crippen LogP contribution in [0.1, 0.15) is 5.56 Å². The van der Waals surface area contributed by atoms with Crippen LogP contribution in [0.5, 0.6) is 0 Å². The molecule has 0 saturated carbocycles. The smallest absolute Gasteiger partial charge is 0.355 e. The lowest BCUT2D eigenvalue weighted by atomic mass is 10.0. The van der Waals surface area contributed by atoms with Gasteiger partial charge in [0.2, 0.25) is 0 Å². The summed E-state index contributed by atoms with van der Waals surface area (Å²) in [5.74, 6) is -1.35. The van der Waals surface area contributed by atoms with Crippen LogP contribution >= 0.6 is 46.6 Å². The number of β-lactam (4-membered cyclic amide) rings is 1. The van der Waals surface area contributed by atoms with Crippen LogP contribution in [-0.2, 0) is 25.7 Å². The number of benzene rings is 1. The Balaban J connectivity index is 1.77. The van der Waals surface area contributed by atoms with Crippen LogP contribution in [0.2, 0.25) is 0 Å². The predicted octanol–water partition coefficient (Wildman–Crippen LogP) is 2.89. The van der Waals surface area contributed by atoms with Crippen LogP contribution < -0.4 is 5.32 Å². The number of nitrogens with zero attached hydrogens (tertiary/aromatic N) is 2. The molecule has 9 nitrogen and oxygen atoms in total. The Kier molecular flexibility index (Phi) is 8.05. The number of hydrogen-bond donors (Lipinski definition) is 1. The number of thioether (sulfide) groups is 1. The maximum absolute atomic E-state index is 12.9. The quantitative estimate of drug-likeness (QED) is 0.184. The molecule has 2 amide bonds. The molecule has 170 valence electrons. The first-order valence-electron chi connectivity index (χ1n) is 9.14. The number of nitro groups is 1. The van der Waals surface area contributed by atoms with Gasteiger partial charge in [-0.3, -0.25) is 24.6 Å². The zero-order valence-electron chi connectivity index (χ0n) is 16.2.